The van der Waals surface area contributed by atoms with Gasteiger partial charge in [0.25, 0.3) is 11.5 Å². The van der Waals surface area contributed by atoms with Crippen LogP contribution in [0.15, 0.2) is 65.6 Å². The number of fused-ring (bicyclic) bond motifs is 1. The molecule has 0 N–H and O–H groups in total. The Hall–Kier alpha value is -4.77. The molecule has 6 rings (SSSR count). The van der Waals surface area contributed by atoms with Crippen molar-refractivity contribution in [3.63, 3.8) is 0 Å². The van der Waals surface area contributed by atoms with Crippen LogP contribution in [0.3, 0.4) is 0 Å². The second-order valence-electron chi connectivity index (χ2n) is 12.3. The van der Waals surface area contributed by atoms with Crippen molar-refractivity contribution in [3.05, 3.63) is 117 Å². The van der Waals surface area contributed by atoms with E-state index in [1.807, 2.05) is 33.8 Å². The normalized spacial score (nSPS) is 16.2. The fraction of sp³-hybridized carbons (Fsp3) is 0.306. The third-order valence-electron chi connectivity index (χ3n) is 8.80. The van der Waals surface area contributed by atoms with Crippen LogP contribution in [-0.2, 0) is 11.3 Å². The molecule has 2 aliphatic rings. The lowest BCUT2D eigenvalue weighted by atomic mass is 9.98. The number of aromatic nitrogens is 2. The number of halogens is 4. The number of carbonyl (C=O) groups is 1. The summed E-state index contributed by atoms with van der Waals surface area (Å²) < 4.78 is 51.1. The summed E-state index contributed by atoms with van der Waals surface area (Å²) >= 11 is 6.85. The van der Waals surface area contributed by atoms with Crippen molar-refractivity contribution in [2.75, 3.05) is 31.1 Å². The highest BCUT2D eigenvalue weighted by Gasteiger charge is 2.33. The largest absolute Gasteiger partial charge is 0.481 e. The van der Waals surface area contributed by atoms with Crippen LogP contribution >= 0.6 is 11.8 Å². The van der Waals surface area contributed by atoms with Gasteiger partial charge in [0.2, 0.25) is 5.82 Å². The number of aryl methyl sites for hydroxylation is 1. The SMILES string of the molecule is Cc1ccnc(C(C)C)c1-n1c2c(c(N3CCN(C(=O)COc4cccc(F)c4F)C[C@@H]3C)cc1=O)CN(Cl)C(c1ccccc1F)=C2. The molecule has 4 heterocycles. The van der Waals surface area contributed by atoms with Gasteiger partial charge in [0.15, 0.2) is 18.2 Å². The number of rotatable bonds is 7. The lowest BCUT2D eigenvalue weighted by Crippen LogP contribution is -2.55. The summed E-state index contributed by atoms with van der Waals surface area (Å²) in [5.41, 5.74) is 4.71. The molecular weight excluding hydrogens is 643 g/mol. The van der Waals surface area contributed by atoms with Crippen LogP contribution in [-0.4, -0.2) is 57.1 Å². The Labute approximate surface area is 281 Å². The average molecular weight is 678 g/mol. The molecule has 1 saturated heterocycles. The van der Waals surface area contributed by atoms with E-state index in [-0.39, 0.29) is 35.7 Å². The number of ether oxygens (including phenoxy) is 1. The van der Waals surface area contributed by atoms with Crippen LogP contribution in [0.4, 0.5) is 18.9 Å². The van der Waals surface area contributed by atoms with Gasteiger partial charge in [-0.25, -0.2) is 8.78 Å². The van der Waals surface area contributed by atoms with Crippen molar-refractivity contribution in [3.8, 4) is 11.4 Å². The third-order valence-corrected chi connectivity index (χ3v) is 9.10. The van der Waals surface area contributed by atoms with E-state index in [1.165, 1.54) is 22.6 Å². The van der Waals surface area contributed by atoms with Crippen molar-refractivity contribution in [2.24, 2.45) is 0 Å². The van der Waals surface area contributed by atoms with E-state index in [2.05, 4.69) is 9.88 Å². The highest BCUT2D eigenvalue weighted by molar-refractivity contribution is 6.19. The maximum atomic E-state index is 15.1. The zero-order valence-corrected chi connectivity index (χ0v) is 27.8. The van der Waals surface area contributed by atoms with Crippen molar-refractivity contribution in [2.45, 2.75) is 46.2 Å². The van der Waals surface area contributed by atoms with E-state index in [1.54, 1.807) is 46.0 Å². The van der Waals surface area contributed by atoms with Crippen molar-refractivity contribution >= 4 is 35.1 Å². The standard InChI is InChI=1S/C36H35ClF3N5O3/c1-21(2)35-36(22(3)12-13-41-35)45-30-16-29(24-8-5-6-9-26(24)38)44(37)19-25(30)28(17-32(45)46)43-15-14-42(18-23(43)4)33(47)20-48-31-11-7-10-27(39)34(31)40/h5-13,16-17,21,23H,14-15,18-20H2,1-4H3/t23-/m0/s1. The highest BCUT2D eigenvalue weighted by atomic mass is 35.5. The van der Waals surface area contributed by atoms with Crippen LogP contribution in [0.5, 0.6) is 5.75 Å². The molecule has 2 aliphatic heterocycles. The molecule has 2 aromatic carbocycles. The summed E-state index contributed by atoms with van der Waals surface area (Å²) in [7, 11) is 0. The van der Waals surface area contributed by atoms with Gasteiger partial charge in [0, 0.05) is 66.5 Å². The molecule has 0 spiro atoms. The van der Waals surface area contributed by atoms with Gasteiger partial charge in [-0.3, -0.25) is 23.6 Å². The zero-order valence-electron chi connectivity index (χ0n) is 27.0. The molecule has 1 amide bonds. The Morgan fingerprint density at radius 1 is 1.06 bits per heavy atom. The van der Waals surface area contributed by atoms with Gasteiger partial charge in [0.1, 0.15) is 5.82 Å². The Morgan fingerprint density at radius 3 is 2.54 bits per heavy atom. The lowest BCUT2D eigenvalue weighted by Gasteiger charge is -2.43. The number of piperazine rings is 1. The number of hydrogen-bond acceptors (Lipinski definition) is 6. The maximum absolute atomic E-state index is 15.1. The Balaban J connectivity index is 1.39. The van der Waals surface area contributed by atoms with Gasteiger partial charge in [-0.05, 0) is 61.7 Å². The minimum atomic E-state index is -1.15. The van der Waals surface area contributed by atoms with E-state index < -0.39 is 24.1 Å². The highest BCUT2D eigenvalue weighted by Crippen LogP contribution is 2.39. The molecule has 8 nitrogen and oxygen atoms in total. The molecule has 4 aromatic rings. The molecule has 1 atom stereocenters. The molecule has 0 bridgehead atoms. The fourth-order valence-corrected chi connectivity index (χ4v) is 6.67. The zero-order chi connectivity index (χ0) is 34.3. The van der Waals surface area contributed by atoms with Crippen LogP contribution in [0, 0.1) is 24.4 Å². The first-order valence-corrected chi connectivity index (χ1v) is 16.1. The number of nitrogens with zero attached hydrogens (tertiary/aromatic N) is 5. The Kier molecular flexibility index (Phi) is 9.24. The maximum Gasteiger partial charge on any atom is 0.260 e. The summed E-state index contributed by atoms with van der Waals surface area (Å²) in [5, 5.41) is 0. The Bertz CT molecular complexity index is 1980. The second-order valence-corrected chi connectivity index (χ2v) is 12.7. The second kappa shape index (κ2) is 13.4. The van der Waals surface area contributed by atoms with Crippen molar-refractivity contribution < 1.29 is 22.7 Å². The van der Waals surface area contributed by atoms with E-state index in [0.717, 1.165) is 22.9 Å². The Morgan fingerprint density at radius 2 is 1.81 bits per heavy atom. The topological polar surface area (TPSA) is 70.9 Å². The number of anilines is 1. The minimum Gasteiger partial charge on any atom is -0.481 e. The molecule has 12 heteroatoms. The summed E-state index contributed by atoms with van der Waals surface area (Å²) in [4.78, 5) is 35.6. The first-order valence-electron chi connectivity index (χ1n) is 15.7. The van der Waals surface area contributed by atoms with Gasteiger partial charge < -0.3 is 14.5 Å². The van der Waals surface area contributed by atoms with Gasteiger partial charge in [0.05, 0.1) is 29.3 Å². The molecule has 1 fully saturated rings. The summed E-state index contributed by atoms with van der Waals surface area (Å²) in [5.74, 6) is -3.34. The molecule has 0 radical (unpaired) electrons. The van der Waals surface area contributed by atoms with Gasteiger partial charge in [-0.1, -0.05) is 32.0 Å². The predicted octanol–water partition coefficient (Wildman–Crippen LogP) is 6.67. The van der Waals surface area contributed by atoms with Crippen molar-refractivity contribution in [1.82, 2.24) is 18.9 Å². The van der Waals surface area contributed by atoms with E-state index >= 15 is 4.39 Å². The van der Waals surface area contributed by atoms with Crippen LogP contribution in [0.25, 0.3) is 17.5 Å². The summed E-state index contributed by atoms with van der Waals surface area (Å²) in [6, 6.07) is 13.1. The number of amides is 1. The quantitative estimate of drug-likeness (QED) is 0.204. The average Bonchev–Trinajstić information content (AvgIpc) is 3.05. The predicted molar refractivity (Wildman–Crippen MR) is 180 cm³/mol. The van der Waals surface area contributed by atoms with Crippen LogP contribution in [0.2, 0.25) is 0 Å². The molecule has 250 valence electrons. The van der Waals surface area contributed by atoms with Crippen LogP contribution in [0.1, 0.15) is 54.8 Å². The summed E-state index contributed by atoms with van der Waals surface area (Å²) in [6.07, 6.45) is 3.47. The lowest BCUT2D eigenvalue weighted by molar-refractivity contribution is -0.134. The van der Waals surface area contributed by atoms with Gasteiger partial charge >= 0.3 is 0 Å². The number of hydrogen-bond donors (Lipinski definition) is 0. The van der Waals surface area contributed by atoms with E-state index in [0.29, 0.717) is 48.0 Å². The molecule has 48 heavy (non-hydrogen) atoms. The third kappa shape index (κ3) is 6.14. The van der Waals surface area contributed by atoms with Gasteiger partial charge in [-0.2, -0.15) is 4.39 Å². The first kappa shape index (κ1) is 33.1. The number of carbonyl (C=O) groups excluding carboxylic acids is 1. The molecule has 0 aliphatic carbocycles. The molecule has 0 saturated carbocycles. The number of pyridine rings is 2. The summed E-state index contributed by atoms with van der Waals surface area (Å²) in [6.45, 7) is 8.59. The smallest absolute Gasteiger partial charge is 0.260 e. The molecule has 2 aromatic heterocycles. The van der Waals surface area contributed by atoms with Gasteiger partial charge in [-0.15, -0.1) is 0 Å². The monoisotopic (exact) mass is 677 g/mol. The number of benzene rings is 2. The van der Waals surface area contributed by atoms with E-state index in [4.69, 9.17) is 16.5 Å². The van der Waals surface area contributed by atoms with Crippen molar-refractivity contribution in [1.29, 1.82) is 0 Å². The van der Waals surface area contributed by atoms with Crippen LogP contribution < -0.4 is 15.2 Å². The fourth-order valence-electron chi connectivity index (χ4n) is 6.41. The minimum absolute atomic E-state index is 0.0114. The molecule has 0 unspecified atom stereocenters. The van der Waals surface area contributed by atoms with E-state index in [9.17, 15) is 18.4 Å². The molecular formula is C36H35ClF3N5O3. The first-order chi connectivity index (χ1) is 23.0.